The standard InChI is InChI=1S/C42H29N3O/c1-2-8-26(9-3-1)27-14-17-33-35(22-27)36-23-30(15-18-34(36)42-41(33)44-40-12-6-7-21-45(40)42)37-24-29(19-20-43-37)28-13-16-32-31-10-4-5-11-38(31)46-39(32)25-28/h1-12,14-19,21-25,28,43H,13,20H2. The molecule has 1 aliphatic carbocycles. The molecule has 0 amide bonds. The Hall–Kier alpha value is -5.87. The van der Waals surface area contributed by atoms with Crippen LogP contribution in [0, 0.1) is 5.92 Å². The molecule has 3 aromatic heterocycles. The molecule has 1 N–H and O–H groups in total. The number of hydrogen-bond acceptors (Lipinski definition) is 3. The summed E-state index contributed by atoms with van der Waals surface area (Å²) in [6, 6.07) is 38.9. The van der Waals surface area contributed by atoms with Gasteiger partial charge in [-0.25, -0.2) is 4.98 Å². The molecule has 1 atom stereocenters. The number of pyridine rings is 1. The number of hydrogen-bond donors (Lipinski definition) is 1. The van der Waals surface area contributed by atoms with Crippen LogP contribution in [-0.4, -0.2) is 15.9 Å². The molecule has 4 heterocycles. The third-order valence-corrected chi connectivity index (χ3v) is 9.75. The maximum absolute atomic E-state index is 6.26. The van der Waals surface area contributed by atoms with E-state index in [9.17, 15) is 0 Å². The highest BCUT2D eigenvalue weighted by atomic mass is 16.3. The van der Waals surface area contributed by atoms with E-state index in [0.29, 0.717) is 0 Å². The number of benzene rings is 5. The number of rotatable bonds is 3. The van der Waals surface area contributed by atoms with Crippen LogP contribution < -0.4 is 16.0 Å². The molecule has 218 valence electrons. The molecule has 1 aliphatic heterocycles. The molecule has 46 heavy (non-hydrogen) atoms. The van der Waals surface area contributed by atoms with Crippen LogP contribution in [0.5, 0.6) is 0 Å². The van der Waals surface area contributed by atoms with E-state index < -0.39 is 0 Å². The highest BCUT2D eigenvalue weighted by molar-refractivity contribution is 6.25. The number of fused-ring (bicyclic) bond motifs is 11. The first-order chi connectivity index (χ1) is 22.8. The first-order valence-corrected chi connectivity index (χ1v) is 16.0. The van der Waals surface area contributed by atoms with Crippen molar-refractivity contribution in [3.05, 3.63) is 149 Å². The predicted octanol–water partition coefficient (Wildman–Crippen LogP) is 8.36. The summed E-state index contributed by atoms with van der Waals surface area (Å²) in [5.41, 5.74) is 11.2. The zero-order chi connectivity index (χ0) is 30.2. The molecular formula is C42H29N3O. The Morgan fingerprint density at radius 3 is 2.46 bits per heavy atom. The fraction of sp³-hybridized carbons (Fsp3) is 0.0714. The lowest BCUT2D eigenvalue weighted by Crippen LogP contribution is -2.27. The molecular weight excluding hydrogens is 562 g/mol. The van der Waals surface area contributed by atoms with Gasteiger partial charge in [-0.1, -0.05) is 91.0 Å². The van der Waals surface area contributed by atoms with E-state index in [2.05, 4.69) is 143 Å². The van der Waals surface area contributed by atoms with Gasteiger partial charge in [-0.3, -0.25) is 4.40 Å². The van der Waals surface area contributed by atoms with E-state index in [-0.39, 0.29) is 5.92 Å². The van der Waals surface area contributed by atoms with Crippen LogP contribution >= 0.6 is 0 Å². The Morgan fingerprint density at radius 1 is 0.696 bits per heavy atom. The molecule has 5 aromatic carbocycles. The van der Waals surface area contributed by atoms with Crippen molar-refractivity contribution in [2.24, 2.45) is 5.92 Å². The minimum absolute atomic E-state index is 0.276. The fourth-order valence-electron chi connectivity index (χ4n) is 7.51. The first kappa shape index (κ1) is 25.5. The summed E-state index contributed by atoms with van der Waals surface area (Å²) in [6.45, 7) is 0.793. The van der Waals surface area contributed by atoms with Crippen molar-refractivity contribution in [2.45, 2.75) is 6.42 Å². The van der Waals surface area contributed by atoms with Crippen LogP contribution in [0.4, 0.5) is 0 Å². The van der Waals surface area contributed by atoms with Gasteiger partial charge in [-0.15, -0.1) is 0 Å². The summed E-state index contributed by atoms with van der Waals surface area (Å²) in [6.07, 6.45) is 12.4. The van der Waals surface area contributed by atoms with Crippen LogP contribution in [0.25, 0.3) is 78.2 Å². The summed E-state index contributed by atoms with van der Waals surface area (Å²) < 4.78 is 8.48. The Balaban J connectivity index is 1.14. The summed E-state index contributed by atoms with van der Waals surface area (Å²) >= 11 is 0. The first-order valence-electron chi connectivity index (χ1n) is 16.0. The highest BCUT2D eigenvalue weighted by Crippen LogP contribution is 2.39. The topological polar surface area (TPSA) is 42.5 Å². The van der Waals surface area contributed by atoms with Crippen molar-refractivity contribution in [2.75, 3.05) is 6.54 Å². The zero-order valence-electron chi connectivity index (χ0n) is 25.1. The number of imidazole rings is 1. The van der Waals surface area contributed by atoms with Gasteiger partial charge in [0.25, 0.3) is 0 Å². The molecule has 0 fully saturated rings. The number of furan rings is 1. The van der Waals surface area contributed by atoms with Crippen LogP contribution in [0.2, 0.25) is 0 Å². The maximum Gasteiger partial charge on any atom is 0.137 e. The molecule has 0 saturated carbocycles. The molecule has 1 unspecified atom stereocenters. The van der Waals surface area contributed by atoms with E-state index in [1.54, 1.807) is 0 Å². The van der Waals surface area contributed by atoms with Crippen LogP contribution in [-0.2, 0) is 0 Å². The molecule has 0 spiro atoms. The van der Waals surface area contributed by atoms with E-state index in [1.165, 1.54) is 54.4 Å². The number of aromatic nitrogens is 2. The van der Waals surface area contributed by atoms with Gasteiger partial charge in [0.15, 0.2) is 0 Å². The SMILES string of the molecule is C1=C(c2ccc3c(c2)c2cc(-c4ccccc4)ccc2c2nc4ccccn4c32)NCC=C1C1C=c2oc3ccccc3c2=CC1. The largest absolute Gasteiger partial charge is 0.456 e. The number of nitrogens with one attached hydrogen (secondary N) is 1. The average Bonchev–Trinajstić information content (AvgIpc) is 3.70. The van der Waals surface area contributed by atoms with Gasteiger partial charge >= 0.3 is 0 Å². The van der Waals surface area contributed by atoms with Crippen LogP contribution in [0.1, 0.15) is 12.0 Å². The Kier molecular flexibility index (Phi) is 5.43. The third kappa shape index (κ3) is 3.83. The van der Waals surface area contributed by atoms with Gasteiger partial charge in [0.2, 0.25) is 0 Å². The number of para-hydroxylation sites is 1. The summed E-state index contributed by atoms with van der Waals surface area (Å²) in [4.78, 5) is 5.12. The van der Waals surface area contributed by atoms with Gasteiger partial charge in [-0.2, -0.15) is 0 Å². The van der Waals surface area contributed by atoms with Gasteiger partial charge < -0.3 is 9.73 Å². The molecule has 0 radical (unpaired) electrons. The van der Waals surface area contributed by atoms with Gasteiger partial charge in [0, 0.05) is 45.7 Å². The quantitative estimate of drug-likeness (QED) is 0.210. The fourth-order valence-corrected chi connectivity index (χ4v) is 7.51. The number of dihydropyridines is 1. The monoisotopic (exact) mass is 591 g/mol. The minimum Gasteiger partial charge on any atom is -0.456 e. The van der Waals surface area contributed by atoms with E-state index >= 15 is 0 Å². The van der Waals surface area contributed by atoms with Crippen LogP contribution in [0.15, 0.2) is 138 Å². The average molecular weight is 592 g/mol. The number of allylic oxidation sites excluding steroid dienone is 2. The molecule has 0 saturated heterocycles. The molecule has 10 rings (SSSR count). The van der Waals surface area contributed by atoms with Gasteiger partial charge in [0.05, 0.1) is 11.0 Å². The normalized spacial score (nSPS) is 16.2. The molecule has 2 aliphatic rings. The summed E-state index contributed by atoms with van der Waals surface area (Å²) in [7, 11) is 0. The lowest BCUT2D eigenvalue weighted by Gasteiger charge is -2.22. The van der Waals surface area contributed by atoms with E-state index in [1.807, 2.05) is 6.07 Å². The van der Waals surface area contributed by atoms with E-state index in [4.69, 9.17) is 9.40 Å². The van der Waals surface area contributed by atoms with Gasteiger partial charge in [-0.05, 0) is 81.9 Å². The molecule has 8 aromatic rings. The van der Waals surface area contributed by atoms with Crippen LogP contribution in [0.3, 0.4) is 0 Å². The van der Waals surface area contributed by atoms with Crippen molar-refractivity contribution in [1.29, 1.82) is 0 Å². The number of nitrogens with zero attached hydrogens (tertiary/aromatic N) is 2. The van der Waals surface area contributed by atoms with Crippen molar-refractivity contribution in [3.8, 4) is 11.1 Å². The minimum atomic E-state index is 0.276. The summed E-state index contributed by atoms with van der Waals surface area (Å²) in [5.74, 6) is 0.276. The second-order valence-corrected chi connectivity index (χ2v) is 12.4. The summed E-state index contributed by atoms with van der Waals surface area (Å²) in [5, 5.41) is 10.9. The smallest absolute Gasteiger partial charge is 0.137 e. The Morgan fingerprint density at radius 2 is 1.50 bits per heavy atom. The third-order valence-electron chi connectivity index (χ3n) is 9.75. The van der Waals surface area contributed by atoms with E-state index in [0.717, 1.165) is 46.3 Å². The van der Waals surface area contributed by atoms with Gasteiger partial charge in [0.1, 0.15) is 16.6 Å². The van der Waals surface area contributed by atoms with Crippen molar-refractivity contribution in [3.63, 3.8) is 0 Å². The predicted molar refractivity (Wildman–Crippen MR) is 190 cm³/mol. The zero-order valence-corrected chi connectivity index (χ0v) is 25.1. The highest BCUT2D eigenvalue weighted by Gasteiger charge is 2.20. The molecule has 4 heteroatoms. The lowest BCUT2D eigenvalue weighted by molar-refractivity contribution is 0.567. The Bertz CT molecular complexity index is 2730. The van der Waals surface area contributed by atoms with Crippen molar-refractivity contribution in [1.82, 2.24) is 14.7 Å². The Labute approximate surface area is 264 Å². The second kappa shape index (κ2) is 9.82. The maximum atomic E-state index is 6.26. The second-order valence-electron chi connectivity index (χ2n) is 12.4. The van der Waals surface area contributed by atoms with Crippen molar-refractivity contribution >= 4 is 67.0 Å². The van der Waals surface area contributed by atoms with Crippen molar-refractivity contribution < 1.29 is 4.42 Å². The lowest BCUT2D eigenvalue weighted by atomic mass is 9.88. The molecule has 0 bridgehead atoms. The molecule has 4 nitrogen and oxygen atoms in total.